The maximum absolute atomic E-state index is 13.9. The van der Waals surface area contributed by atoms with Gasteiger partial charge in [-0.1, -0.05) is 19.1 Å². The molecule has 2 nitrogen and oxygen atoms in total. The molecule has 0 amide bonds. The molecule has 3 unspecified atom stereocenters. The fourth-order valence-corrected chi connectivity index (χ4v) is 3.12. The van der Waals surface area contributed by atoms with Gasteiger partial charge >= 0.3 is 0 Å². The highest BCUT2D eigenvalue weighted by atomic mass is 19.1. The fraction of sp³-hybridized carbons (Fsp3) is 0.625. The average Bonchev–Trinajstić information content (AvgIpc) is 2.41. The number of anilines is 1. The summed E-state index contributed by atoms with van der Waals surface area (Å²) in [4.78, 5) is 2.12. The Morgan fingerprint density at radius 1 is 1.32 bits per heavy atom. The van der Waals surface area contributed by atoms with Gasteiger partial charge in [0.1, 0.15) is 5.82 Å². The molecule has 0 spiro atoms. The van der Waals surface area contributed by atoms with Gasteiger partial charge in [-0.2, -0.15) is 0 Å². The second-order valence-corrected chi connectivity index (χ2v) is 5.83. The van der Waals surface area contributed by atoms with Crippen molar-refractivity contribution in [3.05, 3.63) is 30.1 Å². The largest absolute Gasteiger partial charge is 0.369 e. The van der Waals surface area contributed by atoms with E-state index in [1.807, 2.05) is 12.1 Å². The molecule has 2 rings (SSSR count). The molecule has 0 saturated heterocycles. The Labute approximate surface area is 115 Å². The van der Waals surface area contributed by atoms with Crippen molar-refractivity contribution in [1.29, 1.82) is 0 Å². The van der Waals surface area contributed by atoms with Crippen molar-refractivity contribution >= 4 is 5.69 Å². The molecular weight excluding hydrogens is 239 g/mol. The summed E-state index contributed by atoms with van der Waals surface area (Å²) in [5, 5.41) is 0. The zero-order valence-corrected chi connectivity index (χ0v) is 12.0. The molecule has 0 aromatic heterocycles. The first kappa shape index (κ1) is 14.3. The fourth-order valence-electron chi connectivity index (χ4n) is 3.12. The molecule has 1 aliphatic rings. The molecule has 19 heavy (non-hydrogen) atoms. The van der Waals surface area contributed by atoms with E-state index in [9.17, 15) is 4.39 Å². The first-order valence-electron chi connectivity index (χ1n) is 7.36. The maximum Gasteiger partial charge on any atom is 0.146 e. The lowest BCUT2D eigenvalue weighted by molar-refractivity contribution is 0.248. The number of para-hydroxylation sites is 1. The van der Waals surface area contributed by atoms with E-state index in [0.717, 1.165) is 31.8 Å². The predicted molar refractivity (Wildman–Crippen MR) is 78.8 cm³/mol. The number of halogens is 1. The summed E-state index contributed by atoms with van der Waals surface area (Å²) in [5.41, 5.74) is 6.94. The normalized spacial score (nSPS) is 27.3. The van der Waals surface area contributed by atoms with Crippen LogP contribution in [0.1, 0.15) is 33.1 Å². The monoisotopic (exact) mass is 264 g/mol. The van der Waals surface area contributed by atoms with Crippen LogP contribution in [0.3, 0.4) is 0 Å². The number of hydrogen-bond donors (Lipinski definition) is 1. The highest BCUT2D eigenvalue weighted by Crippen LogP contribution is 2.30. The Bertz CT molecular complexity index is 407. The smallest absolute Gasteiger partial charge is 0.146 e. The van der Waals surface area contributed by atoms with Gasteiger partial charge in [-0.3, -0.25) is 0 Å². The predicted octanol–water partition coefficient (Wildman–Crippen LogP) is 3.42. The van der Waals surface area contributed by atoms with Gasteiger partial charge in [0.25, 0.3) is 0 Å². The second kappa shape index (κ2) is 6.38. The Balaban J connectivity index is 2.08. The van der Waals surface area contributed by atoms with Gasteiger partial charge in [-0.15, -0.1) is 0 Å². The van der Waals surface area contributed by atoms with Crippen LogP contribution in [0.5, 0.6) is 0 Å². The summed E-state index contributed by atoms with van der Waals surface area (Å²) in [5.74, 6) is 1.08. The van der Waals surface area contributed by atoms with Crippen molar-refractivity contribution in [2.75, 3.05) is 18.0 Å². The molecule has 1 saturated carbocycles. The van der Waals surface area contributed by atoms with Gasteiger partial charge in [0.05, 0.1) is 5.69 Å². The summed E-state index contributed by atoms with van der Waals surface area (Å²) in [6.07, 6.45) is 3.48. The van der Waals surface area contributed by atoms with E-state index in [1.54, 1.807) is 6.07 Å². The van der Waals surface area contributed by atoms with Crippen LogP contribution in [0.4, 0.5) is 10.1 Å². The van der Waals surface area contributed by atoms with Crippen LogP contribution in [0.15, 0.2) is 24.3 Å². The molecule has 0 bridgehead atoms. The quantitative estimate of drug-likeness (QED) is 0.903. The summed E-state index contributed by atoms with van der Waals surface area (Å²) in [6, 6.07) is 7.28. The summed E-state index contributed by atoms with van der Waals surface area (Å²) < 4.78 is 13.9. The maximum atomic E-state index is 13.9. The van der Waals surface area contributed by atoms with Crippen molar-refractivity contribution in [3.63, 3.8) is 0 Å². The number of nitrogens with two attached hydrogens (primary N) is 1. The molecule has 3 heteroatoms. The Hall–Kier alpha value is -1.09. The summed E-state index contributed by atoms with van der Waals surface area (Å²) in [7, 11) is 0. The van der Waals surface area contributed by atoms with Gasteiger partial charge in [-0.25, -0.2) is 4.39 Å². The Morgan fingerprint density at radius 3 is 2.74 bits per heavy atom. The van der Waals surface area contributed by atoms with E-state index >= 15 is 0 Å². The minimum Gasteiger partial charge on any atom is -0.369 e. The van der Waals surface area contributed by atoms with Crippen LogP contribution in [-0.2, 0) is 0 Å². The Kier molecular flexibility index (Phi) is 4.81. The minimum absolute atomic E-state index is 0.137. The molecule has 3 atom stereocenters. The van der Waals surface area contributed by atoms with Crippen molar-refractivity contribution in [2.24, 2.45) is 17.6 Å². The lowest BCUT2D eigenvalue weighted by Crippen LogP contribution is -2.43. The highest BCUT2D eigenvalue weighted by molar-refractivity contribution is 5.47. The summed E-state index contributed by atoms with van der Waals surface area (Å²) in [6.45, 7) is 6.05. The Morgan fingerprint density at radius 2 is 2.05 bits per heavy atom. The van der Waals surface area contributed by atoms with Gasteiger partial charge in [0.2, 0.25) is 0 Å². The molecule has 2 N–H and O–H groups in total. The van der Waals surface area contributed by atoms with Crippen molar-refractivity contribution in [1.82, 2.24) is 0 Å². The number of hydrogen-bond acceptors (Lipinski definition) is 2. The zero-order chi connectivity index (χ0) is 13.8. The third-order valence-corrected chi connectivity index (χ3v) is 4.33. The molecule has 0 radical (unpaired) electrons. The number of rotatable bonds is 4. The van der Waals surface area contributed by atoms with Crippen LogP contribution < -0.4 is 10.6 Å². The van der Waals surface area contributed by atoms with Crippen molar-refractivity contribution < 1.29 is 4.39 Å². The van der Waals surface area contributed by atoms with Crippen LogP contribution >= 0.6 is 0 Å². The molecule has 1 aliphatic carbocycles. The van der Waals surface area contributed by atoms with Gasteiger partial charge in [0.15, 0.2) is 0 Å². The van der Waals surface area contributed by atoms with E-state index in [0.29, 0.717) is 11.6 Å². The van der Waals surface area contributed by atoms with Crippen molar-refractivity contribution in [2.45, 2.75) is 39.2 Å². The second-order valence-electron chi connectivity index (χ2n) is 5.83. The molecular formula is C16H25FN2. The zero-order valence-electron chi connectivity index (χ0n) is 12.0. The third-order valence-electron chi connectivity index (χ3n) is 4.33. The minimum atomic E-state index is -0.137. The van der Waals surface area contributed by atoms with E-state index in [2.05, 4.69) is 18.7 Å². The van der Waals surface area contributed by atoms with Gasteiger partial charge < -0.3 is 10.6 Å². The van der Waals surface area contributed by atoms with Gasteiger partial charge in [0, 0.05) is 19.1 Å². The lowest BCUT2D eigenvalue weighted by atomic mass is 9.79. The molecule has 1 aromatic carbocycles. The van der Waals surface area contributed by atoms with E-state index in [1.165, 1.54) is 12.5 Å². The van der Waals surface area contributed by atoms with Crippen LogP contribution in [0, 0.1) is 17.7 Å². The topological polar surface area (TPSA) is 29.3 Å². The lowest BCUT2D eigenvalue weighted by Gasteiger charge is -2.36. The SMILES string of the molecule is CCN(CC1CC(C)CCC1N)c1ccccc1F. The molecule has 1 aromatic rings. The summed E-state index contributed by atoms with van der Waals surface area (Å²) >= 11 is 0. The molecule has 106 valence electrons. The van der Waals surface area contributed by atoms with E-state index in [4.69, 9.17) is 5.73 Å². The first-order valence-corrected chi connectivity index (χ1v) is 7.36. The number of benzene rings is 1. The first-order chi connectivity index (χ1) is 9.11. The molecule has 1 fully saturated rings. The van der Waals surface area contributed by atoms with Crippen LogP contribution in [0.2, 0.25) is 0 Å². The third kappa shape index (κ3) is 3.47. The average molecular weight is 264 g/mol. The van der Waals surface area contributed by atoms with E-state index < -0.39 is 0 Å². The van der Waals surface area contributed by atoms with E-state index in [-0.39, 0.29) is 11.9 Å². The van der Waals surface area contributed by atoms with Gasteiger partial charge in [-0.05, 0) is 50.2 Å². The van der Waals surface area contributed by atoms with Crippen LogP contribution in [0.25, 0.3) is 0 Å². The highest BCUT2D eigenvalue weighted by Gasteiger charge is 2.27. The molecule has 0 heterocycles. The number of nitrogens with zero attached hydrogens (tertiary/aromatic N) is 1. The standard InChI is InChI=1S/C16H25FN2/c1-3-19(16-7-5-4-6-14(16)17)11-13-10-12(2)8-9-15(13)18/h4-7,12-13,15H,3,8-11,18H2,1-2H3. The van der Waals surface area contributed by atoms with Crippen LogP contribution in [-0.4, -0.2) is 19.1 Å². The van der Waals surface area contributed by atoms with Crippen molar-refractivity contribution in [3.8, 4) is 0 Å². The molecule has 0 aliphatic heterocycles.